The molecular weight excluding hydrogens is 278 g/mol. The van der Waals surface area contributed by atoms with Gasteiger partial charge in [-0.2, -0.15) is 0 Å². The summed E-state index contributed by atoms with van der Waals surface area (Å²) in [5.74, 6) is 0.848. The molecule has 2 N–H and O–H groups in total. The SMILES string of the molecule is CC(C)CCCOc1ccc(C=CCNCCC(=O)O)cc1. The van der Waals surface area contributed by atoms with Crippen molar-refractivity contribution in [1.82, 2.24) is 5.32 Å². The van der Waals surface area contributed by atoms with Gasteiger partial charge in [0.1, 0.15) is 5.75 Å². The summed E-state index contributed by atoms with van der Waals surface area (Å²) < 4.78 is 5.70. The van der Waals surface area contributed by atoms with Crippen molar-refractivity contribution in [1.29, 1.82) is 0 Å². The number of carboxylic acids is 1. The zero-order valence-electron chi connectivity index (χ0n) is 13.5. The average molecular weight is 305 g/mol. The smallest absolute Gasteiger partial charge is 0.304 e. The molecule has 0 aliphatic heterocycles. The van der Waals surface area contributed by atoms with Crippen LogP contribution in [0.1, 0.15) is 38.7 Å². The normalized spacial score (nSPS) is 11.2. The second kappa shape index (κ2) is 10.9. The fraction of sp³-hybridized carbons (Fsp3) is 0.500. The molecular formula is C18H27NO3. The summed E-state index contributed by atoms with van der Waals surface area (Å²) in [7, 11) is 0. The van der Waals surface area contributed by atoms with Gasteiger partial charge in [0, 0.05) is 13.1 Å². The summed E-state index contributed by atoms with van der Waals surface area (Å²) in [6.45, 7) is 6.36. The number of nitrogens with one attached hydrogen (secondary N) is 1. The summed E-state index contributed by atoms with van der Waals surface area (Å²) in [6, 6.07) is 8.00. The first kappa shape index (κ1) is 18.2. The van der Waals surface area contributed by atoms with Gasteiger partial charge < -0.3 is 15.2 Å². The summed E-state index contributed by atoms with van der Waals surface area (Å²) in [6.07, 6.45) is 6.42. The van der Waals surface area contributed by atoms with E-state index in [1.165, 1.54) is 6.42 Å². The minimum Gasteiger partial charge on any atom is -0.494 e. The third-order valence-corrected chi connectivity index (χ3v) is 3.16. The zero-order chi connectivity index (χ0) is 16.2. The fourth-order valence-corrected chi connectivity index (χ4v) is 1.93. The predicted molar refractivity (Wildman–Crippen MR) is 90.2 cm³/mol. The highest BCUT2D eigenvalue weighted by molar-refractivity contribution is 5.66. The van der Waals surface area contributed by atoms with Crippen LogP contribution in [0.5, 0.6) is 5.75 Å². The Labute approximate surface area is 133 Å². The first-order chi connectivity index (χ1) is 10.6. The maximum atomic E-state index is 10.3. The second-order valence-corrected chi connectivity index (χ2v) is 5.70. The molecule has 4 heteroatoms. The molecule has 1 rings (SSSR count). The van der Waals surface area contributed by atoms with Gasteiger partial charge in [-0.15, -0.1) is 0 Å². The standard InChI is InChI=1S/C18H27NO3/c1-15(2)5-4-14-22-17-9-7-16(8-10-17)6-3-12-19-13-11-18(20)21/h3,6-10,15,19H,4-5,11-14H2,1-2H3,(H,20,21). The highest BCUT2D eigenvalue weighted by Crippen LogP contribution is 2.14. The molecule has 1 aromatic carbocycles. The van der Waals surface area contributed by atoms with Crippen LogP contribution in [-0.2, 0) is 4.79 Å². The lowest BCUT2D eigenvalue weighted by Crippen LogP contribution is -2.17. The number of aliphatic carboxylic acids is 1. The van der Waals surface area contributed by atoms with Gasteiger partial charge in [-0.3, -0.25) is 4.79 Å². The van der Waals surface area contributed by atoms with Gasteiger partial charge in [-0.1, -0.05) is 38.1 Å². The molecule has 0 aromatic heterocycles. The van der Waals surface area contributed by atoms with E-state index in [0.29, 0.717) is 13.1 Å². The van der Waals surface area contributed by atoms with Gasteiger partial charge in [0.25, 0.3) is 0 Å². The van der Waals surface area contributed by atoms with Crippen LogP contribution in [0.3, 0.4) is 0 Å². The van der Waals surface area contributed by atoms with E-state index >= 15 is 0 Å². The Bertz CT molecular complexity index is 452. The Hall–Kier alpha value is -1.81. The lowest BCUT2D eigenvalue weighted by atomic mass is 10.1. The number of rotatable bonds is 11. The fourth-order valence-electron chi connectivity index (χ4n) is 1.93. The molecule has 4 nitrogen and oxygen atoms in total. The molecule has 0 unspecified atom stereocenters. The largest absolute Gasteiger partial charge is 0.494 e. The van der Waals surface area contributed by atoms with Crippen molar-refractivity contribution < 1.29 is 14.6 Å². The molecule has 0 aliphatic carbocycles. The second-order valence-electron chi connectivity index (χ2n) is 5.70. The Balaban J connectivity index is 2.22. The highest BCUT2D eigenvalue weighted by atomic mass is 16.5. The lowest BCUT2D eigenvalue weighted by Gasteiger charge is -2.07. The molecule has 0 radical (unpaired) electrons. The van der Waals surface area contributed by atoms with Gasteiger partial charge in [0.2, 0.25) is 0 Å². The Morgan fingerprint density at radius 1 is 1.32 bits per heavy atom. The Morgan fingerprint density at radius 2 is 2.05 bits per heavy atom. The zero-order valence-corrected chi connectivity index (χ0v) is 13.5. The van der Waals surface area contributed by atoms with Crippen molar-refractivity contribution in [2.45, 2.75) is 33.1 Å². The van der Waals surface area contributed by atoms with E-state index in [1.54, 1.807) is 0 Å². The van der Waals surface area contributed by atoms with E-state index in [9.17, 15) is 4.79 Å². The molecule has 0 spiro atoms. The molecule has 0 amide bonds. The van der Waals surface area contributed by atoms with E-state index in [4.69, 9.17) is 9.84 Å². The van der Waals surface area contributed by atoms with Crippen molar-refractivity contribution in [3.05, 3.63) is 35.9 Å². The van der Waals surface area contributed by atoms with Crippen LogP contribution < -0.4 is 10.1 Å². The monoisotopic (exact) mass is 305 g/mol. The van der Waals surface area contributed by atoms with Crippen LogP contribution in [-0.4, -0.2) is 30.8 Å². The van der Waals surface area contributed by atoms with Crippen molar-refractivity contribution in [3.63, 3.8) is 0 Å². The molecule has 22 heavy (non-hydrogen) atoms. The topological polar surface area (TPSA) is 58.6 Å². The van der Waals surface area contributed by atoms with E-state index in [0.717, 1.165) is 30.3 Å². The number of benzene rings is 1. The van der Waals surface area contributed by atoms with Gasteiger partial charge in [0.05, 0.1) is 13.0 Å². The first-order valence-corrected chi connectivity index (χ1v) is 7.90. The van der Waals surface area contributed by atoms with Crippen molar-refractivity contribution in [2.75, 3.05) is 19.7 Å². The Kier molecular flexibility index (Phi) is 9.00. The summed E-state index contributed by atoms with van der Waals surface area (Å²) in [5.41, 5.74) is 1.11. The highest BCUT2D eigenvalue weighted by Gasteiger charge is 1.97. The Morgan fingerprint density at radius 3 is 2.68 bits per heavy atom. The average Bonchev–Trinajstić information content (AvgIpc) is 2.48. The number of ether oxygens (including phenoxy) is 1. The summed E-state index contributed by atoms with van der Waals surface area (Å²) in [5, 5.41) is 11.6. The molecule has 0 fully saturated rings. The first-order valence-electron chi connectivity index (χ1n) is 7.90. The molecule has 0 atom stereocenters. The van der Waals surface area contributed by atoms with Gasteiger partial charge in [-0.05, 0) is 36.5 Å². The van der Waals surface area contributed by atoms with Crippen LogP contribution >= 0.6 is 0 Å². The number of hydrogen-bond donors (Lipinski definition) is 2. The molecule has 0 bridgehead atoms. The maximum absolute atomic E-state index is 10.3. The van der Waals surface area contributed by atoms with Crippen LogP contribution in [0.25, 0.3) is 6.08 Å². The maximum Gasteiger partial charge on any atom is 0.304 e. The van der Waals surface area contributed by atoms with Crippen LogP contribution in [0, 0.1) is 5.92 Å². The van der Waals surface area contributed by atoms with Crippen LogP contribution in [0.15, 0.2) is 30.3 Å². The minimum atomic E-state index is -0.777. The van der Waals surface area contributed by atoms with Gasteiger partial charge in [0.15, 0.2) is 0 Å². The predicted octanol–water partition coefficient (Wildman–Crippen LogP) is 3.58. The van der Waals surface area contributed by atoms with Gasteiger partial charge >= 0.3 is 5.97 Å². The van der Waals surface area contributed by atoms with E-state index in [-0.39, 0.29) is 6.42 Å². The van der Waals surface area contributed by atoms with Crippen LogP contribution in [0.4, 0.5) is 0 Å². The molecule has 0 aliphatic rings. The number of hydrogen-bond acceptors (Lipinski definition) is 3. The minimum absolute atomic E-state index is 0.149. The van der Waals surface area contributed by atoms with E-state index in [1.807, 2.05) is 36.4 Å². The molecule has 0 saturated heterocycles. The summed E-state index contributed by atoms with van der Waals surface area (Å²) in [4.78, 5) is 10.3. The quantitative estimate of drug-likeness (QED) is 0.614. The number of carbonyl (C=O) groups is 1. The van der Waals surface area contributed by atoms with E-state index < -0.39 is 5.97 Å². The van der Waals surface area contributed by atoms with Crippen molar-refractivity contribution in [2.24, 2.45) is 5.92 Å². The molecule has 1 aromatic rings. The van der Waals surface area contributed by atoms with Crippen LogP contribution in [0.2, 0.25) is 0 Å². The lowest BCUT2D eigenvalue weighted by molar-refractivity contribution is -0.136. The van der Waals surface area contributed by atoms with Gasteiger partial charge in [-0.25, -0.2) is 0 Å². The molecule has 0 saturated carbocycles. The summed E-state index contributed by atoms with van der Waals surface area (Å²) >= 11 is 0. The third kappa shape index (κ3) is 9.19. The third-order valence-electron chi connectivity index (χ3n) is 3.16. The van der Waals surface area contributed by atoms with E-state index in [2.05, 4.69) is 19.2 Å². The molecule has 0 heterocycles. The number of carboxylic acid groups (broad SMARTS) is 1. The van der Waals surface area contributed by atoms with Crippen molar-refractivity contribution in [3.8, 4) is 5.75 Å². The molecule has 122 valence electrons. The van der Waals surface area contributed by atoms with Crippen molar-refractivity contribution >= 4 is 12.0 Å².